The summed E-state index contributed by atoms with van der Waals surface area (Å²) >= 11 is 1.57. The van der Waals surface area contributed by atoms with Crippen molar-refractivity contribution in [2.45, 2.75) is 18.9 Å². The molecular formula is C15H20Cl2N4OS. The van der Waals surface area contributed by atoms with Crippen molar-refractivity contribution in [3.63, 3.8) is 0 Å². The molecule has 0 saturated carbocycles. The molecule has 0 aliphatic carbocycles. The van der Waals surface area contributed by atoms with Crippen LogP contribution in [0.2, 0.25) is 0 Å². The van der Waals surface area contributed by atoms with Gasteiger partial charge < -0.3 is 10.2 Å². The molecule has 1 fully saturated rings. The lowest BCUT2D eigenvalue weighted by atomic mass is 10.0. The Labute approximate surface area is 152 Å². The van der Waals surface area contributed by atoms with E-state index in [0.29, 0.717) is 12.8 Å². The van der Waals surface area contributed by atoms with Crippen LogP contribution in [0.4, 0.5) is 0 Å². The molecule has 8 heteroatoms. The highest BCUT2D eigenvalue weighted by Gasteiger charge is 2.27. The van der Waals surface area contributed by atoms with Crippen LogP contribution in [0.5, 0.6) is 0 Å². The van der Waals surface area contributed by atoms with E-state index in [9.17, 15) is 4.79 Å². The molecular weight excluding hydrogens is 355 g/mol. The van der Waals surface area contributed by atoms with E-state index in [-0.39, 0.29) is 36.8 Å². The number of carbonyl (C=O) groups excluding carboxylic acids is 1. The van der Waals surface area contributed by atoms with Crippen LogP contribution < -0.4 is 5.32 Å². The molecule has 0 aromatic carbocycles. The van der Waals surface area contributed by atoms with Crippen LogP contribution >= 0.6 is 36.2 Å². The minimum atomic E-state index is 0. The van der Waals surface area contributed by atoms with Crippen LogP contribution in [0.15, 0.2) is 35.4 Å². The molecule has 23 heavy (non-hydrogen) atoms. The number of rotatable bonds is 4. The second kappa shape index (κ2) is 9.82. The van der Waals surface area contributed by atoms with Gasteiger partial charge in [-0.15, -0.1) is 36.2 Å². The smallest absolute Gasteiger partial charge is 0.223 e. The number of amides is 1. The quantitative estimate of drug-likeness (QED) is 0.892. The van der Waals surface area contributed by atoms with E-state index in [1.165, 1.54) is 0 Å². The fourth-order valence-corrected chi connectivity index (χ4v) is 3.21. The van der Waals surface area contributed by atoms with Gasteiger partial charge in [-0.2, -0.15) is 0 Å². The van der Waals surface area contributed by atoms with E-state index in [0.717, 1.165) is 30.9 Å². The molecule has 1 aliphatic heterocycles. The summed E-state index contributed by atoms with van der Waals surface area (Å²) in [6.45, 7) is 2.38. The van der Waals surface area contributed by atoms with E-state index >= 15 is 0 Å². The third-order valence-electron chi connectivity index (χ3n) is 3.71. The van der Waals surface area contributed by atoms with Crippen molar-refractivity contribution in [3.8, 4) is 0 Å². The van der Waals surface area contributed by atoms with Gasteiger partial charge in [0, 0.05) is 43.8 Å². The second-order valence-corrected chi connectivity index (χ2v) is 5.79. The monoisotopic (exact) mass is 374 g/mol. The maximum absolute atomic E-state index is 12.5. The Balaban J connectivity index is 0.00000132. The lowest BCUT2D eigenvalue weighted by Crippen LogP contribution is -2.48. The molecule has 3 rings (SSSR count). The lowest BCUT2D eigenvalue weighted by molar-refractivity contribution is -0.134. The number of piperazine rings is 1. The number of nitrogens with zero attached hydrogens (tertiary/aromatic N) is 3. The zero-order chi connectivity index (χ0) is 14.5. The summed E-state index contributed by atoms with van der Waals surface area (Å²) in [6.07, 6.45) is 4.83. The first-order valence-electron chi connectivity index (χ1n) is 7.12. The van der Waals surface area contributed by atoms with Crippen LogP contribution in [0.3, 0.4) is 0 Å². The molecule has 1 atom stereocenters. The van der Waals surface area contributed by atoms with Crippen LogP contribution in [-0.4, -0.2) is 40.4 Å². The number of aryl methyl sites for hydroxylation is 1. The Bertz CT molecular complexity index is 582. The van der Waals surface area contributed by atoms with E-state index in [2.05, 4.69) is 15.3 Å². The van der Waals surface area contributed by atoms with Crippen molar-refractivity contribution < 1.29 is 4.79 Å². The predicted molar refractivity (Wildman–Crippen MR) is 96.5 cm³/mol. The number of carbonyl (C=O) groups is 1. The minimum Gasteiger partial charge on any atom is -0.333 e. The SMILES string of the molecule is Cl.Cl.O=C(CCc1cscn1)N1CCNCC1c1cccnc1. The highest BCUT2D eigenvalue weighted by Crippen LogP contribution is 2.22. The summed E-state index contributed by atoms with van der Waals surface area (Å²) in [5.74, 6) is 0.193. The lowest BCUT2D eigenvalue weighted by Gasteiger charge is -2.36. The molecule has 1 saturated heterocycles. The summed E-state index contributed by atoms with van der Waals surface area (Å²) in [5, 5.41) is 5.36. The van der Waals surface area contributed by atoms with Crippen molar-refractivity contribution in [2.75, 3.05) is 19.6 Å². The van der Waals surface area contributed by atoms with Crippen molar-refractivity contribution in [1.29, 1.82) is 0 Å². The first-order valence-corrected chi connectivity index (χ1v) is 8.06. The second-order valence-electron chi connectivity index (χ2n) is 5.07. The Kier molecular flexibility index (Phi) is 8.47. The van der Waals surface area contributed by atoms with Crippen LogP contribution in [0.25, 0.3) is 0 Å². The zero-order valence-electron chi connectivity index (χ0n) is 12.6. The Morgan fingerprint density at radius 3 is 3.00 bits per heavy atom. The van der Waals surface area contributed by atoms with Gasteiger partial charge in [0.2, 0.25) is 5.91 Å². The molecule has 0 spiro atoms. The van der Waals surface area contributed by atoms with Gasteiger partial charge in [-0.1, -0.05) is 6.07 Å². The van der Waals surface area contributed by atoms with Gasteiger partial charge in [0.1, 0.15) is 0 Å². The van der Waals surface area contributed by atoms with Gasteiger partial charge in [-0.25, -0.2) is 4.98 Å². The number of halogens is 2. The topological polar surface area (TPSA) is 58.1 Å². The molecule has 1 aliphatic rings. The van der Waals surface area contributed by atoms with Gasteiger partial charge in [0.15, 0.2) is 0 Å². The average molecular weight is 375 g/mol. The average Bonchev–Trinajstić information content (AvgIpc) is 3.07. The summed E-state index contributed by atoms with van der Waals surface area (Å²) in [6, 6.07) is 4.03. The molecule has 5 nitrogen and oxygen atoms in total. The van der Waals surface area contributed by atoms with Gasteiger partial charge >= 0.3 is 0 Å². The molecule has 0 bridgehead atoms. The van der Waals surface area contributed by atoms with E-state index in [1.54, 1.807) is 17.5 Å². The normalized spacial score (nSPS) is 17.0. The molecule has 1 amide bonds. The Morgan fingerprint density at radius 2 is 2.30 bits per heavy atom. The fourth-order valence-electron chi connectivity index (χ4n) is 2.61. The Hall–Kier alpha value is -1.21. The predicted octanol–water partition coefficient (Wildman–Crippen LogP) is 2.49. The van der Waals surface area contributed by atoms with Crippen molar-refractivity contribution in [2.24, 2.45) is 0 Å². The summed E-state index contributed by atoms with van der Waals surface area (Å²) in [5.41, 5.74) is 3.90. The third kappa shape index (κ3) is 5.14. The van der Waals surface area contributed by atoms with Gasteiger partial charge in [0.05, 0.1) is 17.2 Å². The Morgan fingerprint density at radius 1 is 1.43 bits per heavy atom. The molecule has 0 radical (unpaired) electrons. The molecule has 126 valence electrons. The number of aromatic nitrogens is 2. The van der Waals surface area contributed by atoms with Crippen LogP contribution in [0, 0.1) is 0 Å². The standard InChI is InChI=1S/C15H18N4OS.2ClH/c20-15(4-3-13-10-21-11-18-13)19-7-6-17-9-14(19)12-2-1-5-16-8-12;;/h1-2,5,8,10-11,14,17H,3-4,6-7,9H2;2*1H. The summed E-state index contributed by atoms with van der Waals surface area (Å²) in [4.78, 5) is 22.9. The van der Waals surface area contributed by atoms with Gasteiger partial charge in [-0.3, -0.25) is 9.78 Å². The molecule has 1 N–H and O–H groups in total. The molecule has 2 aromatic rings. The van der Waals surface area contributed by atoms with Crippen LogP contribution in [-0.2, 0) is 11.2 Å². The summed E-state index contributed by atoms with van der Waals surface area (Å²) < 4.78 is 0. The number of hydrogen-bond acceptors (Lipinski definition) is 5. The largest absolute Gasteiger partial charge is 0.333 e. The number of nitrogens with one attached hydrogen (secondary N) is 1. The molecule has 3 heterocycles. The van der Waals surface area contributed by atoms with E-state index in [4.69, 9.17) is 0 Å². The number of thiazole rings is 1. The molecule has 1 unspecified atom stereocenters. The highest BCUT2D eigenvalue weighted by atomic mass is 35.5. The number of pyridine rings is 1. The van der Waals surface area contributed by atoms with Gasteiger partial charge in [-0.05, 0) is 18.1 Å². The van der Waals surface area contributed by atoms with Crippen molar-refractivity contribution in [3.05, 3.63) is 46.7 Å². The maximum Gasteiger partial charge on any atom is 0.223 e. The van der Waals surface area contributed by atoms with E-state index in [1.807, 2.05) is 34.1 Å². The number of hydrogen-bond donors (Lipinski definition) is 1. The first kappa shape index (κ1) is 19.8. The maximum atomic E-state index is 12.5. The van der Waals surface area contributed by atoms with Gasteiger partial charge in [0.25, 0.3) is 0 Å². The van der Waals surface area contributed by atoms with E-state index < -0.39 is 0 Å². The first-order chi connectivity index (χ1) is 10.3. The zero-order valence-corrected chi connectivity index (χ0v) is 15.0. The van der Waals surface area contributed by atoms with Crippen LogP contribution in [0.1, 0.15) is 23.7 Å². The van der Waals surface area contributed by atoms with Crippen molar-refractivity contribution >= 4 is 42.1 Å². The van der Waals surface area contributed by atoms with Crippen molar-refractivity contribution in [1.82, 2.24) is 20.2 Å². The fraction of sp³-hybridized carbons (Fsp3) is 0.400. The minimum absolute atomic E-state index is 0. The third-order valence-corrected chi connectivity index (χ3v) is 4.35. The summed E-state index contributed by atoms with van der Waals surface area (Å²) in [7, 11) is 0. The molecule has 2 aromatic heterocycles. The highest BCUT2D eigenvalue weighted by molar-refractivity contribution is 7.07.